The highest BCUT2D eigenvalue weighted by atomic mass is 35.5. The van der Waals surface area contributed by atoms with Crippen LogP contribution in [0.25, 0.3) is 10.9 Å². The number of rotatable bonds is 5. The molecular weight excluding hydrogens is 326 g/mol. The van der Waals surface area contributed by atoms with Gasteiger partial charge in [-0.1, -0.05) is 24.6 Å². The van der Waals surface area contributed by atoms with E-state index >= 15 is 0 Å². The molecular formula is C19H16ClNO3. The van der Waals surface area contributed by atoms with Crippen molar-refractivity contribution in [3.8, 4) is 0 Å². The first kappa shape index (κ1) is 16.3. The van der Waals surface area contributed by atoms with Crippen molar-refractivity contribution in [1.29, 1.82) is 0 Å². The van der Waals surface area contributed by atoms with Gasteiger partial charge in [-0.15, -0.1) is 0 Å². The zero-order valence-electron chi connectivity index (χ0n) is 13.1. The number of nitrogens with one attached hydrogen (secondary N) is 1. The quantitative estimate of drug-likeness (QED) is 0.682. The summed E-state index contributed by atoms with van der Waals surface area (Å²) in [6, 6.07) is 12.4. The Morgan fingerprint density at radius 3 is 2.46 bits per heavy atom. The van der Waals surface area contributed by atoms with Gasteiger partial charge in [-0.3, -0.25) is 9.59 Å². The number of aliphatic carboxylic acids is 1. The highest BCUT2D eigenvalue weighted by molar-refractivity contribution is 6.30. The number of carboxylic acid groups (broad SMARTS) is 1. The first-order valence-electron chi connectivity index (χ1n) is 7.65. The zero-order chi connectivity index (χ0) is 17.3. The van der Waals surface area contributed by atoms with E-state index in [1.807, 2.05) is 25.1 Å². The van der Waals surface area contributed by atoms with E-state index in [9.17, 15) is 14.7 Å². The predicted octanol–water partition coefficient (Wildman–Crippen LogP) is 4.24. The van der Waals surface area contributed by atoms with Crippen molar-refractivity contribution in [2.24, 2.45) is 0 Å². The summed E-state index contributed by atoms with van der Waals surface area (Å²) in [4.78, 5) is 27.2. The number of aromatic amines is 1. The van der Waals surface area contributed by atoms with Crippen molar-refractivity contribution in [2.45, 2.75) is 19.8 Å². The van der Waals surface area contributed by atoms with E-state index in [0.717, 1.165) is 22.9 Å². The summed E-state index contributed by atoms with van der Waals surface area (Å²) in [6.45, 7) is 2.03. The van der Waals surface area contributed by atoms with Gasteiger partial charge in [-0.25, -0.2) is 0 Å². The Balaban J connectivity index is 2.16. The SMILES string of the molecule is CCc1ccc2[nH]c(C(=O)c3ccc(Cl)cc3)c(CC(=O)O)c2c1. The zero-order valence-corrected chi connectivity index (χ0v) is 13.9. The Morgan fingerprint density at radius 2 is 1.83 bits per heavy atom. The molecule has 0 fully saturated rings. The Kier molecular flexibility index (Phi) is 4.40. The number of carbonyl (C=O) groups is 2. The summed E-state index contributed by atoms with van der Waals surface area (Å²) >= 11 is 5.86. The van der Waals surface area contributed by atoms with Gasteiger partial charge < -0.3 is 10.1 Å². The molecule has 2 N–H and O–H groups in total. The van der Waals surface area contributed by atoms with Crippen LogP contribution in [0.1, 0.15) is 34.1 Å². The van der Waals surface area contributed by atoms with Gasteiger partial charge in [0.25, 0.3) is 0 Å². The largest absolute Gasteiger partial charge is 0.481 e. The number of carbonyl (C=O) groups excluding carboxylic acids is 1. The molecule has 0 aliphatic carbocycles. The summed E-state index contributed by atoms with van der Waals surface area (Å²) < 4.78 is 0. The third-order valence-corrected chi connectivity index (χ3v) is 4.29. The number of aryl methyl sites for hydroxylation is 1. The molecule has 5 heteroatoms. The summed E-state index contributed by atoms with van der Waals surface area (Å²) in [6.07, 6.45) is 0.635. The number of hydrogen-bond acceptors (Lipinski definition) is 2. The smallest absolute Gasteiger partial charge is 0.307 e. The molecule has 0 amide bonds. The number of ketones is 1. The number of hydrogen-bond donors (Lipinski definition) is 2. The minimum absolute atomic E-state index is 0.207. The van der Waals surface area contributed by atoms with Crippen LogP contribution in [0.5, 0.6) is 0 Å². The normalized spacial score (nSPS) is 10.9. The maximum atomic E-state index is 12.8. The highest BCUT2D eigenvalue weighted by Crippen LogP contribution is 2.27. The molecule has 0 atom stereocenters. The molecule has 0 aliphatic heterocycles. The molecule has 4 nitrogen and oxygen atoms in total. The van der Waals surface area contributed by atoms with Gasteiger partial charge in [0, 0.05) is 27.1 Å². The van der Waals surface area contributed by atoms with Crippen molar-refractivity contribution < 1.29 is 14.7 Å². The van der Waals surface area contributed by atoms with Gasteiger partial charge in [0.05, 0.1) is 12.1 Å². The van der Waals surface area contributed by atoms with Crippen LogP contribution in [0, 0.1) is 0 Å². The fourth-order valence-electron chi connectivity index (χ4n) is 2.79. The van der Waals surface area contributed by atoms with Gasteiger partial charge in [0.2, 0.25) is 5.78 Å². The van der Waals surface area contributed by atoms with Crippen molar-refractivity contribution >= 4 is 34.3 Å². The summed E-state index contributed by atoms with van der Waals surface area (Å²) in [5, 5.41) is 10.6. The topological polar surface area (TPSA) is 70.2 Å². The highest BCUT2D eigenvalue weighted by Gasteiger charge is 2.21. The van der Waals surface area contributed by atoms with Crippen molar-refractivity contribution in [2.75, 3.05) is 0 Å². The fraction of sp³-hybridized carbons (Fsp3) is 0.158. The lowest BCUT2D eigenvalue weighted by atomic mass is 10.00. The van der Waals surface area contributed by atoms with Gasteiger partial charge in [0.15, 0.2) is 0 Å². The van der Waals surface area contributed by atoms with Crippen LogP contribution in [0.4, 0.5) is 0 Å². The lowest BCUT2D eigenvalue weighted by Gasteiger charge is -2.03. The molecule has 0 unspecified atom stereocenters. The number of carboxylic acids is 1. The summed E-state index contributed by atoms with van der Waals surface area (Å²) in [7, 11) is 0. The van der Waals surface area contributed by atoms with Crippen molar-refractivity contribution in [3.63, 3.8) is 0 Å². The number of H-pyrrole nitrogens is 1. The van der Waals surface area contributed by atoms with Crippen molar-refractivity contribution in [1.82, 2.24) is 4.98 Å². The molecule has 0 aliphatic rings. The molecule has 0 saturated carbocycles. The van der Waals surface area contributed by atoms with Crippen LogP contribution >= 0.6 is 11.6 Å². The monoisotopic (exact) mass is 341 g/mol. The van der Waals surface area contributed by atoms with Crippen LogP contribution in [-0.4, -0.2) is 21.8 Å². The molecule has 3 aromatic rings. The van der Waals surface area contributed by atoms with Gasteiger partial charge in [-0.05, 0) is 48.4 Å². The Labute approximate surface area is 144 Å². The maximum absolute atomic E-state index is 12.8. The molecule has 0 bridgehead atoms. The van der Waals surface area contributed by atoms with Gasteiger partial charge in [0.1, 0.15) is 0 Å². The third-order valence-electron chi connectivity index (χ3n) is 4.04. The van der Waals surface area contributed by atoms with E-state index in [4.69, 9.17) is 11.6 Å². The van der Waals surface area contributed by atoms with Gasteiger partial charge >= 0.3 is 5.97 Å². The number of halogens is 1. The van der Waals surface area contributed by atoms with E-state index in [-0.39, 0.29) is 12.2 Å². The molecule has 0 saturated heterocycles. The lowest BCUT2D eigenvalue weighted by molar-refractivity contribution is -0.136. The van der Waals surface area contributed by atoms with E-state index < -0.39 is 5.97 Å². The molecule has 122 valence electrons. The molecule has 0 radical (unpaired) electrons. The molecule has 0 spiro atoms. The van der Waals surface area contributed by atoms with Gasteiger partial charge in [-0.2, -0.15) is 0 Å². The van der Waals surface area contributed by atoms with Crippen LogP contribution in [-0.2, 0) is 17.6 Å². The fourth-order valence-corrected chi connectivity index (χ4v) is 2.92. The number of fused-ring (bicyclic) bond motifs is 1. The first-order chi connectivity index (χ1) is 11.5. The Hall–Kier alpha value is -2.59. The standard InChI is InChI=1S/C19H16ClNO3/c1-2-11-3-8-16-14(9-11)15(10-17(22)23)18(21-16)19(24)12-4-6-13(20)7-5-12/h3-9,21H,2,10H2,1H3,(H,22,23). The van der Waals surface area contributed by atoms with Crippen LogP contribution < -0.4 is 0 Å². The molecule has 1 heterocycles. The number of benzene rings is 2. The van der Waals surface area contributed by atoms with Crippen LogP contribution in [0.3, 0.4) is 0 Å². The van der Waals surface area contributed by atoms with Crippen LogP contribution in [0.15, 0.2) is 42.5 Å². The Morgan fingerprint density at radius 1 is 1.12 bits per heavy atom. The first-order valence-corrected chi connectivity index (χ1v) is 8.03. The van der Waals surface area contributed by atoms with E-state index in [1.165, 1.54) is 0 Å². The second-order valence-corrected chi connectivity index (χ2v) is 6.06. The average molecular weight is 342 g/mol. The molecule has 1 aromatic heterocycles. The van der Waals surface area contributed by atoms with Crippen LogP contribution in [0.2, 0.25) is 5.02 Å². The minimum Gasteiger partial charge on any atom is -0.481 e. The lowest BCUT2D eigenvalue weighted by Crippen LogP contribution is -2.08. The minimum atomic E-state index is -0.969. The average Bonchev–Trinajstić information content (AvgIpc) is 2.92. The predicted molar refractivity (Wildman–Crippen MR) is 93.9 cm³/mol. The second-order valence-electron chi connectivity index (χ2n) is 5.62. The van der Waals surface area contributed by atoms with E-state index in [1.54, 1.807) is 24.3 Å². The summed E-state index contributed by atoms with van der Waals surface area (Å²) in [5.41, 5.74) is 3.17. The Bertz CT molecular complexity index is 926. The third kappa shape index (κ3) is 3.05. The molecule has 2 aromatic carbocycles. The van der Waals surface area contributed by atoms with E-state index in [0.29, 0.717) is 21.8 Å². The summed E-state index contributed by atoms with van der Waals surface area (Å²) in [5.74, 6) is -1.21. The molecule has 3 rings (SSSR count). The van der Waals surface area contributed by atoms with E-state index in [2.05, 4.69) is 4.98 Å². The second kappa shape index (κ2) is 6.49. The maximum Gasteiger partial charge on any atom is 0.307 e. The van der Waals surface area contributed by atoms with Crippen molar-refractivity contribution in [3.05, 3.63) is 69.9 Å². The molecule has 24 heavy (non-hydrogen) atoms. The number of aromatic nitrogens is 1.